The van der Waals surface area contributed by atoms with Gasteiger partial charge in [-0.25, -0.2) is 0 Å². The van der Waals surface area contributed by atoms with E-state index in [1.54, 1.807) is 28.4 Å². The van der Waals surface area contributed by atoms with Gasteiger partial charge in [0.25, 0.3) is 0 Å². The van der Waals surface area contributed by atoms with E-state index in [2.05, 4.69) is 122 Å². The summed E-state index contributed by atoms with van der Waals surface area (Å²) in [7, 11) is 7.14. The summed E-state index contributed by atoms with van der Waals surface area (Å²) in [4.78, 5) is 0. The van der Waals surface area contributed by atoms with Gasteiger partial charge in [0.2, 0.25) is 0 Å². The topological polar surface area (TPSA) is 211 Å². The van der Waals surface area contributed by atoms with Gasteiger partial charge >= 0.3 is 0 Å². The smallest absolute Gasteiger partial charge is 0.119 e. The van der Waals surface area contributed by atoms with E-state index >= 15 is 0 Å². The second-order valence-corrected chi connectivity index (χ2v) is 20.7. The van der Waals surface area contributed by atoms with Gasteiger partial charge in [-0.1, -0.05) is 90.5 Å². The lowest BCUT2D eigenvalue weighted by Crippen LogP contribution is -2.37. The van der Waals surface area contributed by atoms with Gasteiger partial charge in [0.15, 0.2) is 0 Å². The molecule has 0 saturated carbocycles. The highest BCUT2D eigenvalue weighted by Gasteiger charge is 2.34. The van der Waals surface area contributed by atoms with Crippen LogP contribution in [0.4, 0.5) is 0 Å². The van der Waals surface area contributed by atoms with Crippen molar-refractivity contribution in [3.05, 3.63) is 117 Å². The average Bonchev–Trinajstić information content (AvgIpc) is 3.35. The average molecular weight is 1120 g/mol. The lowest BCUT2D eigenvalue weighted by Gasteiger charge is -2.38. The Labute approximate surface area is 468 Å². The zero-order chi connectivity index (χ0) is 46.2. The summed E-state index contributed by atoms with van der Waals surface area (Å²) in [5.74, 6) is 6.96. The Kier molecular flexibility index (Phi) is 32.5. The first kappa shape index (κ1) is 70.9. The van der Waals surface area contributed by atoms with Crippen LogP contribution in [0.3, 0.4) is 0 Å². The molecule has 0 fully saturated rings. The lowest BCUT2D eigenvalue weighted by molar-refractivity contribution is 0.262. The summed E-state index contributed by atoms with van der Waals surface area (Å²) >= 11 is 0. The molecule has 0 aromatic heterocycles. The molecule has 0 radical (unpaired) electrons. The summed E-state index contributed by atoms with van der Waals surface area (Å²) in [6.07, 6.45) is 14.7. The first-order valence-electron chi connectivity index (χ1n) is 25.8. The molecule has 12 nitrogen and oxygen atoms in total. The fourth-order valence-corrected chi connectivity index (χ4v) is 12.4. The van der Waals surface area contributed by atoms with Crippen LogP contribution in [0, 0.1) is 11.8 Å². The number of hydrogen-bond acceptors (Lipinski definition) is 8. The zero-order valence-electron chi connectivity index (χ0n) is 45.3. The van der Waals surface area contributed by atoms with Crippen molar-refractivity contribution in [2.75, 3.05) is 54.6 Å². The molecule has 74 heavy (non-hydrogen) atoms. The number of nitrogens with one attached hydrogen (secondary N) is 4. The number of unbranched alkanes of at least 4 members (excludes halogenated alkanes) is 3. The van der Waals surface area contributed by atoms with Crippen LogP contribution in [0.15, 0.2) is 72.8 Å². The summed E-state index contributed by atoms with van der Waals surface area (Å²) < 4.78 is 22.7. The van der Waals surface area contributed by atoms with Crippen molar-refractivity contribution in [2.45, 2.75) is 153 Å². The molecule has 16 heteroatoms. The predicted octanol–water partition coefficient (Wildman–Crippen LogP) is 11.1. The molecule has 4 aromatic carbocycles. The Morgan fingerprint density at radius 1 is 0.365 bits per heavy atom. The highest BCUT2D eigenvalue weighted by Crippen LogP contribution is 2.44. The first-order valence-corrected chi connectivity index (χ1v) is 25.8. The number of hydrogen-bond donors (Lipinski definition) is 4. The van der Waals surface area contributed by atoms with Crippen molar-refractivity contribution in [3.63, 3.8) is 0 Å². The van der Waals surface area contributed by atoms with Crippen LogP contribution in [0.25, 0.3) is 0 Å². The van der Waals surface area contributed by atoms with Crippen molar-refractivity contribution in [1.82, 2.24) is 21.3 Å². The number of fused-ring (bicyclic) bond motifs is 4. The lowest BCUT2D eigenvalue weighted by atomic mass is 9.76. The third kappa shape index (κ3) is 16.7. The minimum absolute atomic E-state index is 0. The number of methoxy groups -OCH3 is 4. The maximum atomic E-state index is 5.74. The van der Waals surface area contributed by atoms with E-state index in [9.17, 15) is 0 Å². The Morgan fingerprint density at radius 3 is 0.919 bits per heavy atom. The summed E-state index contributed by atoms with van der Waals surface area (Å²) in [6.45, 7) is 13.5. The Hall–Kier alpha value is -3.08. The van der Waals surface area contributed by atoms with Crippen molar-refractivity contribution in [3.8, 4) is 23.0 Å². The van der Waals surface area contributed by atoms with Crippen molar-refractivity contribution >= 4 is 49.6 Å². The maximum Gasteiger partial charge on any atom is 0.119 e. The van der Waals surface area contributed by atoms with Crippen molar-refractivity contribution < 1.29 is 40.9 Å². The molecule has 4 heterocycles. The predicted molar refractivity (Wildman–Crippen MR) is 314 cm³/mol. The molecule has 10 atom stereocenters. The summed E-state index contributed by atoms with van der Waals surface area (Å²) in [5.41, 5.74) is 11.7. The van der Waals surface area contributed by atoms with Gasteiger partial charge in [0, 0.05) is 50.3 Å². The van der Waals surface area contributed by atoms with Crippen molar-refractivity contribution in [2.24, 2.45) is 11.8 Å². The standard InChI is InChI=1S/C58H82N4O4.4ClH.4H2O/c1-37-33-59-55(47-25-21-43(63-5)29-51(37)47)19-13-11-17-41(57-49-27-23-45(65-7)31-53(49)39(3)35-61-57)15-9-10-16-42(58-50-28-24-46(66-8)32-54(50)40(4)36-62-58)18-12-14-20-56-48-26-22-44(64-6)30-52(48)38(2)34-60-56;;;;;;;;/h21-32,37-42,55-62H,9-20,33-36H2,1-8H3;4*1H;4*1H2. The van der Waals surface area contributed by atoms with Crippen LogP contribution in [-0.2, 0) is 0 Å². The maximum absolute atomic E-state index is 5.74. The van der Waals surface area contributed by atoms with Gasteiger partial charge in [-0.15, -0.1) is 49.6 Å². The van der Waals surface area contributed by atoms with Crippen LogP contribution in [0.5, 0.6) is 23.0 Å². The van der Waals surface area contributed by atoms with Crippen LogP contribution in [0.2, 0.25) is 0 Å². The van der Waals surface area contributed by atoms with E-state index in [1.807, 2.05) is 0 Å². The first-order chi connectivity index (χ1) is 32.2. The Bertz CT molecular complexity index is 2080. The molecule has 10 unspecified atom stereocenters. The van der Waals surface area contributed by atoms with Gasteiger partial charge in [-0.05, 0) is 167 Å². The van der Waals surface area contributed by atoms with E-state index in [1.165, 1.54) is 122 Å². The van der Waals surface area contributed by atoms with Gasteiger partial charge in [0.05, 0.1) is 28.4 Å². The molecule has 8 rings (SSSR count). The van der Waals surface area contributed by atoms with E-state index in [0.717, 1.165) is 49.2 Å². The molecule has 0 bridgehead atoms. The third-order valence-electron chi connectivity index (χ3n) is 16.3. The second-order valence-electron chi connectivity index (χ2n) is 20.7. The minimum atomic E-state index is 0. The van der Waals surface area contributed by atoms with Crippen LogP contribution < -0.4 is 40.2 Å². The number of benzene rings is 4. The molecule has 4 aliphatic heterocycles. The fourth-order valence-electron chi connectivity index (χ4n) is 12.4. The summed E-state index contributed by atoms with van der Waals surface area (Å²) in [6, 6.07) is 28.7. The molecular formula is C58H94Cl4N4O8. The van der Waals surface area contributed by atoms with Gasteiger partial charge in [-0.3, -0.25) is 0 Å². The van der Waals surface area contributed by atoms with Gasteiger partial charge in [0.1, 0.15) is 23.0 Å². The zero-order valence-corrected chi connectivity index (χ0v) is 48.5. The normalized spacial score (nSPS) is 22.6. The van der Waals surface area contributed by atoms with E-state index in [0.29, 0.717) is 59.7 Å². The molecule has 422 valence electrons. The SMILES string of the molecule is COc1ccc2c(c1)C(C)CNC2CCCCC(CCCCC(CCCCC1NCC(C)c2cc(OC)ccc21)C1NCC(C)c2cc(OC)ccc21)C1NCC(C)c2cc(OC)ccc21.Cl.Cl.Cl.Cl.O.O.O.O. The fraction of sp³-hybridized carbons (Fsp3) is 0.586. The van der Waals surface area contributed by atoms with Crippen molar-refractivity contribution in [1.29, 1.82) is 0 Å². The quantitative estimate of drug-likeness (QED) is 0.0588. The second kappa shape index (κ2) is 33.9. The number of ether oxygens (including phenoxy) is 4. The van der Waals surface area contributed by atoms with E-state index in [4.69, 9.17) is 18.9 Å². The highest BCUT2D eigenvalue weighted by atomic mass is 35.5. The van der Waals surface area contributed by atoms with Crippen LogP contribution >= 0.6 is 49.6 Å². The Balaban J connectivity index is 0.00000666. The molecule has 4 aliphatic rings. The van der Waals surface area contributed by atoms with Gasteiger partial charge in [-0.2, -0.15) is 0 Å². The molecule has 0 aliphatic carbocycles. The highest BCUT2D eigenvalue weighted by molar-refractivity contribution is 5.86. The molecule has 0 amide bonds. The molecule has 4 aromatic rings. The molecule has 12 N–H and O–H groups in total. The van der Waals surface area contributed by atoms with E-state index < -0.39 is 0 Å². The molecule has 0 saturated heterocycles. The minimum Gasteiger partial charge on any atom is -0.497 e. The van der Waals surface area contributed by atoms with Crippen LogP contribution in [0.1, 0.15) is 197 Å². The van der Waals surface area contributed by atoms with Gasteiger partial charge < -0.3 is 62.1 Å². The van der Waals surface area contributed by atoms with Crippen LogP contribution in [-0.4, -0.2) is 76.5 Å². The summed E-state index contributed by atoms with van der Waals surface area (Å²) in [5, 5.41) is 16.0. The third-order valence-corrected chi connectivity index (χ3v) is 16.3. The number of halogens is 4. The molecule has 0 spiro atoms. The molecular weight excluding hydrogens is 1020 g/mol. The number of rotatable bonds is 21. The largest absolute Gasteiger partial charge is 0.497 e. The van der Waals surface area contributed by atoms with E-state index in [-0.39, 0.29) is 71.5 Å². The monoisotopic (exact) mass is 1110 g/mol. The Morgan fingerprint density at radius 2 is 0.622 bits per heavy atom.